The topological polar surface area (TPSA) is 88.2 Å². The Hall–Kier alpha value is -2.65. The summed E-state index contributed by atoms with van der Waals surface area (Å²) in [4.78, 5) is 21.5. The number of nitrogens with zero attached hydrogens (tertiary/aromatic N) is 2. The zero-order chi connectivity index (χ0) is 19.9. The summed E-state index contributed by atoms with van der Waals surface area (Å²) < 4.78 is 6.07. The monoisotopic (exact) mass is 461 g/mol. The van der Waals surface area contributed by atoms with Gasteiger partial charge in [0.2, 0.25) is 5.95 Å². The van der Waals surface area contributed by atoms with Gasteiger partial charge >= 0.3 is 0 Å². The van der Waals surface area contributed by atoms with Crippen LogP contribution in [-0.4, -0.2) is 36.1 Å². The molecule has 3 rings (SSSR count). The van der Waals surface area contributed by atoms with Gasteiger partial charge in [-0.2, -0.15) is 4.98 Å². The summed E-state index contributed by atoms with van der Waals surface area (Å²) in [7, 11) is 1.63. The first-order valence-corrected chi connectivity index (χ1v) is 10.2. The van der Waals surface area contributed by atoms with Crippen molar-refractivity contribution in [2.24, 2.45) is 0 Å². The second kappa shape index (κ2) is 9.52. The van der Waals surface area contributed by atoms with Gasteiger partial charge < -0.3 is 20.7 Å². The number of benzene rings is 1. The molecule has 0 aliphatic rings. The molecule has 0 aliphatic carbocycles. The number of anilines is 3. The molecule has 2 heterocycles. The maximum absolute atomic E-state index is 12.0. The van der Waals surface area contributed by atoms with Gasteiger partial charge in [-0.25, -0.2) is 4.98 Å². The Kier molecular flexibility index (Phi) is 6.83. The summed E-state index contributed by atoms with van der Waals surface area (Å²) in [6, 6.07) is 11.3. The molecule has 1 amide bonds. The minimum absolute atomic E-state index is 0.0930. The van der Waals surface area contributed by atoms with E-state index < -0.39 is 0 Å². The lowest BCUT2D eigenvalue weighted by molar-refractivity contribution is 0.0959. The molecule has 0 saturated heterocycles. The Morgan fingerprint density at radius 3 is 2.64 bits per heavy atom. The van der Waals surface area contributed by atoms with Crippen LogP contribution in [0.4, 0.5) is 17.5 Å². The van der Waals surface area contributed by atoms with Crippen molar-refractivity contribution < 1.29 is 9.53 Å². The Bertz CT molecular complexity index is 946. The van der Waals surface area contributed by atoms with Crippen LogP contribution < -0.4 is 20.7 Å². The number of ether oxygens (including phenoxy) is 1. The number of carbonyl (C=O) groups is 1. The fourth-order valence-corrected chi connectivity index (χ4v) is 3.75. The number of nitrogens with one attached hydrogen (secondary N) is 3. The van der Waals surface area contributed by atoms with E-state index in [0.29, 0.717) is 29.7 Å². The highest BCUT2D eigenvalue weighted by Crippen LogP contribution is 2.20. The normalized spacial score (nSPS) is 10.4. The first kappa shape index (κ1) is 20.1. The second-order valence-corrected chi connectivity index (χ2v) is 7.71. The van der Waals surface area contributed by atoms with Gasteiger partial charge in [0.15, 0.2) is 0 Å². The SMILES string of the molecule is COc1ccc(Nc2cc(C)nc(NCCNC(=O)c3cc(Br)cs3)n2)cc1. The number of rotatable bonds is 8. The van der Waals surface area contributed by atoms with Crippen LogP contribution in [0.1, 0.15) is 15.4 Å². The minimum atomic E-state index is -0.0930. The van der Waals surface area contributed by atoms with Crippen molar-refractivity contribution in [3.63, 3.8) is 0 Å². The summed E-state index contributed by atoms with van der Waals surface area (Å²) in [6.45, 7) is 2.89. The summed E-state index contributed by atoms with van der Waals surface area (Å²) in [5, 5.41) is 11.1. The van der Waals surface area contributed by atoms with E-state index in [1.165, 1.54) is 11.3 Å². The molecular weight excluding hydrogens is 442 g/mol. The fourth-order valence-electron chi connectivity index (χ4n) is 2.40. The molecule has 9 heteroatoms. The van der Waals surface area contributed by atoms with E-state index in [0.717, 1.165) is 21.6 Å². The van der Waals surface area contributed by atoms with Crippen LogP contribution in [0.5, 0.6) is 5.75 Å². The van der Waals surface area contributed by atoms with Gasteiger partial charge in [-0.3, -0.25) is 4.79 Å². The zero-order valence-electron chi connectivity index (χ0n) is 15.5. The number of aromatic nitrogens is 2. The van der Waals surface area contributed by atoms with Crippen molar-refractivity contribution in [2.75, 3.05) is 30.8 Å². The summed E-state index contributed by atoms with van der Waals surface area (Å²) >= 11 is 4.75. The number of thiophene rings is 1. The van der Waals surface area contributed by atoms with Crippen molar-refractivity contribution in [1.82, 2.24) is 15.3 Å². The van der Waals surface area contributed by atoms with Gasteiger partial charge in [0, 0.05) is 40.4 Å². The number of hydrogen-bond donors (Lipinski definition) is 3. The molecule has 3 N–H and O–H groups in total. The van der Waals surface area contributed by atoms with Crippen LogP contribution in [0, 0.1) is 6.92 Å². The van der Waals surface area contributed by atoms with Gasteiger partial charge in [0.1, 0.15) is 11.6 Å². The van der Waals surface area contributed by atoms with Crippen molar-refractivity contribution in [3.8, 4) is 5.75 Å². The van der Waals surface area contributed by atoms with Gasteiger partial charge in [0.05, 0.1) is 12.0 Å². The molecule has 1 aromatic carbocycles. The molecule has 0 spiro atoms. The number of amides is 1. The fraction of sp³-hybridized carbons (Fsp3) is 0.211. The van der Waals surface area contributed by atoms with E-state index in [4.69, 9.17) is 4.74 Å². The Labute approximate surface area is 175 Å². The molecule has 28 heavy (non-hydrogen) atoms. The molecular formula is C19H20BrN5O2S. The molecule has 0 aliphatic heterocycles. The maximum atomic E-state index is 12.0. The first-order valence-electron chi connectivity index (χ1n) is 8.56. The summed E-state index contributed by atoms with van der Waals surface area (Å²) in [6.07, 6.45) is 0. The van der Waals surface area contributed by atoms with Crippen LogP contribution >= 0.6 is 27.3 Å². The molecule has 0 fully saturated rings. The Morgan fingerprint density at radius 2 is 1.96 bits per heavy atom. The van der Waals surface area contributed by atoms with Crippen LogP contribution in [-0.2, 0) is 0 Å². The molecule has 3 aromatic rings. The summed E-state index contributed by atoms with van der Waals surface area (Å²) in [5.41, 5.74) is 1.74. The predicted molar refractivity (Wildman–Crippen MR) is 116 cm³/mol. The number of hydrogen-bond acceptors (Lipinski definition) is 7. The van der Waals surface area contributed by atoms with Crippen LogP contribution in [0.15, 0.2) is 46.3 Å². The number of methoxy groups -OCH3 is 1. The number of aryl methyl sites for hydroxylation is 1. The Balaban J connectivity index is 1.53. The lowest BCUT2D eigenvalue weighted by atomic mass is 10.3. The van der Waals surface area contributed by atoms with Crippen molar-refractivity contribution in [3.05, 3.63) is 56.8 Å². The van der Waals surface area contributed by atoms with E-state index in [-0.39, 0.29) is 5.91 Å². The van der Waals surface area contributed by atoms with Crippen molar-refractivity contribution >= 4 is 50.6 Å². The molecule has 0 bridgehead atoms. The van der Waals surface area contributed by atoms with Gasteiger partial charge in [0.25, 0.3) is 5.91 Å². The van der Waals surface area contributed by atoms with E-state index in [9.17, 15) is 4.79 Å². The highest BCUT2D eigenvalue weighted by Gasteiger charge is 2.08. The minimum Gasteiger partial charge on any atom is -0.497 e. The van der Waals surface area contributed by atoms with E-state index in [1.54, 1.807) is 13.2 Å². The Morgan fingerprint density at radius 1 is 1.18 bits per heavy atom. The summed E-state index contributed by atoms with van der Waals surface area (Å²) in [5.74, 6) is 1.89. The lowest BCUT2D eigenvalue weighted by Gasteiger charge is -2.11. The number of carbonyl (C=O) groups excluding carboxylic acids is 1. The molecule has 0 radical (unpaired) electrons. The molecule has 7 nitrogen and oxygen atoms in total. The smallest absolute Gasteiger partial charge is 0.261 e. The average Bonchev–Trinajstić information content (AvgIpc) is 3.12. The van der Waals surface area contributed by atoms with Crippen molar-refractivity contribution in [2.45, 2.75) is 6.92 Å². The zero-order valence-corrected chi connectivity index (χ0v) is 17.9. The molecule has 2 aromatic heterocycles. The third-order valence-corrected chi connectivity index (χ3v) is 5.39. The molecule has 0 unspecified atom stereocenters. The maximum Gasteiger partial charge on any atom is 0.261 e. The van der Waals surface area contributed by atoms with Crippen LogP contribution in [0.2, 0.25) is 0 Å². The molecule has 146 valence electrons. The largest absolute Gasteiger partial charge is 0.497 e. The van der Waals surface area contributed by atoms with Crippen molar-refractivity contribution in [1.29, 1.82) is 0 Å². The van der Waals surface area contributed by atoms with Crippen LogP contribution in [0.25, 0.3) is 0 Å². The van der Waals surface area contributed by atoms with E-state index >= 15 is 0 Å². The standard InChI is InChI=1S/C19H20BrN5O2S/c1-12-9-17(24-14-3-5-15(27-2)6-4-14)25-19(23-12)22-8-7-21-18(26)16-10-13(20)11-28-16/h3-6,9-11H,7-8H2,1-2H3,(H,21,26)(H2,22,23,24,25). The predicted octanol–water partition coefficient (Wildman–Crippen LogP) is 4.20. The second-order valence-electron chi connectivity index (χ2n) is 5.88. The van der Waals surface area contributed by atoms with E-state index in [1.807, 2.05) is 42.6 Å². The van der Waals surface area contributed by atoms with Gasteiger partial charge in [-0.1, -0.05) is 0 Å². The van der Waals surface area contributed by atoms with Crippen LogP contribution in [0.3, 0.4) is 0 Å². The molecule has 0 saturated carbocycles. The third-order valence-electron chi connectivity index (χ3n) is 3.70. The highest BCUT2D eigenvalue weighted by atomic mass is 79.9. The third kappa shape index (κ3) is 5.67. The average molecular weight is 462 g/mol. The quantitative estimate of drug-likeness (QED) is 0.435. The highest BCUT2D eigenvalue weighted by molar-refractivity contribution is 9.10. The van der Waals surface area contributed by atoms with Gasteiger partial charge in [-0.15, -0.1) is 11.3 Å². The molecule has 0 atom stereocenters. The lowest BCUT2D eigenvalue weighted by Crippen LogP contribution is -2.28. The number of halogens is 1. The first-order chi connectivity index (χ1) is 13.5. The van der Waals surface area contributed by atoms with E-state index in [2.05, 4.69) is 41.8 Å². The van der Waals surface area contributed by atoms with Gasteiger partial charge in [-0.05, 0) is 53.2 Å².